The number of hydrogen-bond donors (Lipinski definition) is 1. The smallest absolute Gasteiger partial charge is 0.238 e. The van der Waals surface area contributed by atoms with Gasteiger partial charge in [-0.1, -0.05) is 6.07 Å². The third kappa shape index (κ3) is 5.27. The van der Waals surface area contributed by atoms with E-state index in [1.165, 1.54) is 0 Å². The number of nitrogens with one attached hydrogen (secondary N) is 1. The quantitative estimate of drug-likeness (QED) is 0.871. The van der Waals surface area contributed by atoms with Crippen LogP contribution in [0.25, 0.3) is 0 Å². The summed E-state index contributed by atoms with van der Waals surface area (Å²) in [4.78, 5) is 20.7. The summed E-state index contributed by atoms with van der Waals surface area (Å²) < 4.78 is 5.37. The number of carbonyl (C=O) groups excluding carboxylic acids is 1. The molecule has 6 nitrogen and oxygen atoms in total. The number of aromatic nitrogens is 1. The van der Waals surface area contributed by atoms with Crippen molar-refractivity contribution in [3.63, 3.8) is 0 Å². The van der Waals surface area contributed by atoms with Gasteiger partial charge >= 0.3 is 0 Å². The fourth-order valence-electron chi connectivity index (χ4n) is 2.85. The maximum absolute atomic E-state index is 12.2. The minimum Gasteiger partial charge on any atom is -0.378 e. The van der Waals surface area contributed by atoms with Crippen molar-refractivity contribution in [1.82, 2.24) is 9.88 Å². The molecule has 0 unspecified atom stereocenters. The SMILES string of the molecule is CN(CC(=O)Nc1ccc(N2CCOCC2)cc1)Cc1ccccn1. The number of morpholine rings is 1. The Bertz CT molecular complexity index is 670. The van der Waals surface area contributed by atoms with E-state index in [-0.39, 0.29) is 5.91 Å². The number of ether oxygens (including phenoxy) is 1. The van der Waals surface area contributed by atoms with Crippen molar-refractivity contribution in [3.05, 3.63) is 54.4 Å². The number of benzene rings is 1. The molecule has 25 heavy (non-hydrogen) atoms. The molecule has 1 aromatic carbocycles. The fraction of sp³-hybridized carbons (Fsp3) is 0.368. The first-order valence-electron chi connectivity index (χ1n) is 8.52. The molecule has 0 saturated carbocycles. The van der Waals surface area contributed by atoms with Crippen LogP contribution in [-0.4, -0.2) is 55.7 Å². The number of amides is 1. The lowest BCUT2D eigenvalue weighted by Gasteiger charge is -2.28. The lowest BCUT2D eigenvalue weighted by molar-refractivity contribution is -0.117. The Labute approximate surface area is 148 Å². The highest BCUT2D eigenvalue weighted by molar-refractivity contribution is 5.92. The number of anilines is 2. The van der Waals surface area contributed by atoms with E-state index in [4.69, 9.17) is 4.74 Å². The van der Waals surface area contributed by atoms with Crippen molar-refractivity contribution in [3.8, 4) is 0 Å². The summed E-state index contributed by atoms with van der Waals surface area (Å²) in [5.41, 5.74) is 2.93. The average molecular weight is 340 g/mol. The van der Waals surface area contributed by atoms with Crippen molar-refractivity contribution in [2.45, 2.75) is 6.54 Å². The van der Waals surface area contributed by atoms with Gasteiger partial charge < -0.3 is 15.0 Å². The molecular formula is C19H24N4O2. The van der Waals surface area contributed by atoms with E-state index in [9.17, 15) is 4.79 Å². The van der Waals surface area contributed by atoms with Crippen molar-refractivity contribution in [2.24, 2.45) is 0 Å². The molecule has 0 atom stereocenters. The maximum Gasteiger partial charge on any atom is 0.238 e. The molecule has 2 aromatic rings. The zero-order valence-corrected chi connectivity index (χ0v) is 14.5. The molecule has 1 aromatic heterocycles. The van der Waals surface area contributed by atoms with Gasteiger partial charge in [0.1, 0.15) is 0 Å². The molecule has 1 saturated heterocycles. The number of hydrogen-bond acceptors (Lipinski definition) is 5. The first kappa shape index (κ1) is 17.4. The van der Waals surface area contributed by atoms with Gasteiger partial charge in [-0.3, -0.25) is 14.7 Å². The molecule has 3 rings (SSSR count). The van der Waals surface area contributed by atoms with Gasteiger partial charge in [-0.25, -0.2) is 0 Å². The summed E-state index contributed by atoms with van der Waals surface area (Å²) in [6.45, 7) is 4.31. The van der Waals surface area contributed by atoms with Gasteiger partial charge in [-0.05, 0) is 43.4 Å². The van der Waals surface area contributed by atoms with Crippen LogP contribution in [0.1, 0.15) is 5.69 Å². The Balaban J connectivity index is 1.48. The molecule has 0 spiro atoms. The first-order valence-corrected chi connectivity index (χ1v) is 8.52. The van der Waals surface area contributed by atoms with E-state index in [0.29, 0.717) is 13.1 Å². The second-order valence-corrected chi connectivity index (χ2v) is 6.19. The maximum atomic E-state index is 12.2. The van der Waals surface area contributed by atoms with Gasteiger partial charge in [-0.2, -0.15) is 0 Å². The van der Waals surface area contributed by atoms with E-state index in [1.54, 1.807) is 6.20 Å². The summed E-state index contributed by atoms with van der Waals surface area (Å²) in [6, 6.07) is 13.8. The highest BCUT2D eigenvalue weighted by atomic mass is 16.5. The van der Waals surface area contributed by atoms with Crippen molar-refractivity contribution < 1.29 is 9.53 Å². The molecule has 2 heterocycles. The Morgan fingerprint density at radius 3 is 2.64 bits per heavy atom. The molecule has 132 valence electrons. The normalized spacial score (nSPS) is 14.6. The van der Waals surface area contributed by atoms with Gasteiger partial charge in [0.05, 0.1) is 25.5 Å². The highest BCUT2D eigenvalue weighted by Crippen LogP contribution is 2.19. The molecule has 1 amide bonds. The number of carbonyl (C=O) groups is 1. The van der Waals surface area contributed by atoms with Gasteiger partial charge in [0.15, 0.2) is 0 Å². The molecule has 1 aliphatic rings. The predicted molar refractivity (Wildman–Crippen MR) is 98.7 cm³/mol. The van der Waals surface area contributed by atoms with Crippen LogP contribution in [0.2, 0.25) is 0 Å². The van der Waals surface area contributed by atoms with Crippen LogP contribution in [0.5, 0.6) is 0 Å². The van der Waals surface area contributed by atoms with Crippen LogP contribution in [0.15, 0.2) is 48.7 Å². The second kappa shape index (κ2) is 8.60. The van der Waals surface area contributed by atoms with Crippen molar-refractivity contribution >= 4 is 17.3 Å². The Hall–Kier alpha value is -2.44. The lowest BCUT2D eigenvalue weighted by Crippen LogP contribution is -2.36. The van der Waals surface area contributed by atoms with Gasteiger partial charge in [0.25, 0.3) is 0 Å². The minimum atomic E-state index is -0.0300. The number of likely N-dealkylation sites (N-methyl/N-ethyl adjacent to an activating group) is 1. The van der Waals surface area contributed by atoms with Crippen LogP contribution in [0.3, 0.4) is 0 Å². The summed E-state index contributed by atoms with van der Waals surface area (Å²) in [7, 11) is 1.91. The van der Waals surface area contributed by atoms with E-state index >= 15 is 0 Å². The molecule has 0 bridgehead atoms. The summed E-state index contributed by atoms with van der Waals surface area (Å²) in [5.74, 6) is -0.0300. The third-order valence-electron chi connectivity index (χ3n) is 4.10. The Morgan fingerprint density at radius 1 is 1.20 bits per heavy atom. The highest BCUT2D eigenvalue weighted by Gasteiger charge is 2.12. The Morgan fingerprint density at radius 2 is 1.96 bits per heavy atom. The van der Waals surface area contributed by atoms with Crippen LogP contribution in [-0.2, 0) is 16.1 Å². The van der Waals surface area contributed by atoms with Crippen LogP contribution >= 0.6 is 0 Å². The lowest BCUT2D eigenvalue weighted by atomic mass is 10.2. The van der Waals surface area contributed by atoms with Crippen LogP contribution in [0.4, 0.5) is 11.4 Å². The van der Waals surface area contributed by atoms with Crippen LogP contribution < -0.4 is 10.2 Å². The van der Waals surface area contributed by atoms with E-state index in [1.807, 2.05) is 54.4 Å². The summed E-state index contributed by atoms with van der Waals surface area (Å²) in [6.07, 6.45) is 1.76. The number of nitrogens with zero attached hydrogens (tertiary/aromatic N) is 3. The zero-order chi connectivity index (χ0) is 17.5. The summed E-state index contributed by atoms with van der Waals surface area (Å²) in [5, 5.41) is 2.94. The average Bonchev–Trinajstić information content (AvgIpc) is 2.63. The zero-order valence-electron chi connectivity index (χ0n) is 14.5. The molecule has 1 aliphatic heterocycles. The molecular weight excluding hydrogens is 316 g/mol. The van der Waals surface area contributed by atoms with E-state index in [0.717, 1.165) is 43.4 Å². The predicted octanol–water partition coefficient (Wildman–Crippen LogP) is 1.99. The largest absolute Gasteiger partial charge is 0.378 e. The van der Waals surface area contributed by atoms with E-state index < -0.39 is 0 Å². The number of pyridine rings is 1. The molecule has 6 heteroatoms. The topological polar surface area (TPSA) is 57.7 Å². The van der Waals surface area contributed by atoms with Crippen molar-refractivity contribution in [1.29, 1.82) is 0 Å². The monoisotopic (exact) mass is 340 g/mol. The number of rotatable bonds is 6. The van der Waals surface area contributed by atoms with Crippen molar-refractivity contribution in [2.75, 3.05) is 50.1 Å². The fourth-order valence-corrected chi connectivity index (χ4v) is 2.85. The first-order chi connectivity index (χ1) is 12.2. The molecule has 0 aliphatic carbocycles. The van der Waals surface area contributed by atoms with Gasteiger partial charge in [0, 0.05) is 37.2 Å². The molecule has 0 radical (unpaired) electrons. The second-order valence-electron chi connectivity index (χ2n) is 6.19. The standard InChI is InChI=1S/C19H24N4O2/c1-22(14-17-4-2-3-9-20-17)15-19(24)21-16-5-7-18(8-6-16)23-10-12-25-13-11-23/h2-9H,10-15H2,1H3,(H,21,24). The summed E-state index contributed by atoms with van der Waals surface area (Å²) >= 11 is 0. The van der Waals surface area contributed by atoms with Crippen LogP contribution in [0, 0.1) is 0 Å². The Kier molecular flexibility index (Phi) is 5.98. The molecule has 1 N–H and O–H groups in total. The van der Waals surface area contributed by atoms with Gasteiger partial charge in [-0.15, -0.1) is 0 Å². The van der Waals surface area contributed by atoms with Gasteiger partial charge in [0.2, 0.25) is 5.91 Å². The minimum absolute atomic E-state index is 0.0300. The third-order valence-corrected chi connectivity index (χ3v) is 4.10. The van der Waals surface area contributed by atoms with E-state index in [2.05, 4.69) is 15.2 Å². The molecule has 1 fully saturated rings.